The smallest absolute Gasteiger partial charge is 0.251 e. The number of carbonyl (C=O) groups is 1. The summed E-state index contributed by atoms with van der Waals surface area (Å²) in [6.45, 7) is 7.18. The number of anilines is 1. The minimum absolute atomic E-state index is 0.0285. The molecule has 4 heteroatoms. The summed E-state index contributed by atoms with van der Waals surface area (Å²) in [4.78, 5) is 16.8. The number of aryl methyl sites for hydroxylation is 1. The summed E-state index contributed by atoms with van der Waals surface area (Å²) in [5.74, 6) is 1.57. The summed E-state index contributed by atoms with van der Waals surface area (Å²) in [6, 6.07) is 4.12. The number of amides is 1. The summed E-state index contributed by atoms with van der Waals surface area (Å²) < 4.78 is 0. The summed E-state index contributed by atoms with van der Waals surface area (Å²) in [5, 5.41) is 6.31. The van der Waals surface area contributed by atoms with Crippen LogP contribution in [-0.2, 0) is 6.42 Å². The van der Waals surface area contributed by atoms with E-state index in [9.17, 15) is 4.79 Å². The molecule has 110 valence electrons. The number of carbonyl (C=O) groups excluding carboxylic acids is 1. The third-order valence-corrected chi connectivity index (χ3v) is 3.71. The molecule has 20 heavy (non-hydrogen) atoms. The summed E-state index contributed by atoms with van der Waals surface area (Å²) in [7, 11) is 0. The van der Waals surface area contributed by atoms with Crippen molar-refractivity contribution >= 4 is 11.7 Å². The van der Waals surface area contributed by atoms with Crippen molar-refractivity contribution in [1.82, 2.24) is 10.3 Å². The Kier molecular flexibility index (Phi) is 4.99. The standard InChI is InChI=1S/C16H25N3O/c1-4-6-13-9-12(10-15(18-13)17-5-2)16(20)19-14-7-11(3)8-14/h9-11,14H,4-8H2,1-3H3,(H,17,18)(H,19,20). The molecule has 0 unspecified atom stereocenters. The lowest BCUT2D eigenvalue weighted by atomic mass is 9.82. The van der Waals surface area contributed by atoms with E-state index in [1.807, 2.05) is 19.1 Å². The molecule has 0 saturated heterocycles. The van der Waals surface area contributed by atoms with E-state index in [0.29, 0.717) is 6.04 Å². The number of pyridine rings is 1. The number of rotatable bonds is 6. The van der Waals surface area contributed by atoms with Gasteiger partial charge in [0.15, 0.2) is 0 Å². The van der Waals surface area contributed by atoms with Crippen molar-refractivity contribution in [2.45, 2.75) is 52.5 Å². The van der Waals surface area contributed by atoms with Crippen LogP contribution in [0.25, 0.3) is 0 Å². The predicted molar refractivity (Wildman–Crippen MR) is 82.0 cm³/mol. The maximum absolute atomic E-state index is 12.3. The third-order valence-electron chi connectivity index (χ3n) is 3.71. The van der Waals surface area contributed by atoms with Crippen LogP contribution in [0.1, 0.15) is 56.1 Å². The first-order chi connectivity index (χ1) is 9.62. The van der Waals surface area contributed by atoms with Crippen molar-refractivity contribution in [3.8, 4) is 0 Å². The molecule has 1 aliphatic carbocycles. The SMILES string of the molecule is CCCc1cc(C(=O)NC2CC(C)C2)cc(NCC)n1. The Bertz CT molecular complexity index is 443. The summed E-state index contributed by atoms with van der Waals surface area (Å²) in [6.07, 6.45) is 4.13. The molecule has 0 radical (unpaired) electrons. The van der Waals surface area contributed by atoms with E-state index in [1.54, 1.807) is 0 Å². The third kappa shape index (κ3) is 3.71. The second-order valence-electron chi connectivity index (χ2n) is 5.76. The highest BCUT2D eigenvalue weighted by atomic mass is 16.1. The lowest BCUT2D eigenvalue weighted by Crippen LogP contribution is -2.43. The van der Waals surface area contributed by atoms with Gasteiger partial charge in [0.05, 0.1) is 0 Å². The highest BCUT2D eigenvalue weighted by Gasteiger charge is 2.27. The van der Waals surface area contributed by atoms with Crippen LogP contribution in [0, 0.1) is 5.92 Å². The van der Waals surface area contributed by atoms with E-state index < -0.39 is 0 Å². The molecule has 1 heterocycles. The molecule has 1 aromatic heterocycles. The molecule has 1 amide bonds. The van der Waals surface area contributed by atoms with Crippen LogP contribution in [-0.4, -0.2) is 23.5 Å². The minimum atomic E-state index is 0.0285. The Balaban J connectivity index is 2.09. The molecule has 1 saturated carbocycles. The van der Waals surface area contributed by atoms with Crippen molar-refractivity contribution in [1.29, 1.82) is 0 Å². The zero-order valence-electron chi connectivity index (χ0n) is 12.7. The van der Waals surface area contributed by atoms with Gasteiger partial charge >= 0.3 is 0 Å². The molecule has 1 fully saturated rings. The minimum Gasteiger partial charge on any atom is -0.370 e. The molecule has 1 aromatic rings. The monoisotopic (exact) mass is 275 g/mol. The van der Waals surface area contributed by atoms with Gasteiger partial charge in [0.25, 0.3) is 5.91 Å². The number of aromatic nitrogens is 1. The van der Waals surface area contributed by atoms with Gasteiger partial charge in [-0.25, -0.2) is 4.98 Å². The fraction of sp³-hybridized carbons (Fsp3) is 0.625. The molecular formula is C16H25N3O. The van der Waals surface area contributed by atoms with Gasteiger partial charge in [0.2, 0.25) is 0 Å². The van der Waals surface area contributed by atoms with E-state index in [0.717, 1.165) is 55.2 Å². The molecule has 0 spiro atoms. The van der Waals surface area contributed by atoms with Gasteiger partial charge in [0, 0.05) is 23.8 Å². The van der Waals surface area contributed by atoms with Crippen molar-refractivity contribution < 1.29 is 4.79 Å². The van der Waals surface area contributed by atoms with E-state index >= 15 is 0 Å². The average molecular weight is 275 g/mol. The number of nitrogens with one attached hydrogen (secondary N) is 2. The second-order valence-corrected chi connectivity index (χ2v) is 5.76. The first-order valence-electron chi connectivity index (χ1n) is 7.68. The molecular weight excluding hydrogens is 250 g/mol. The molecule has 2 rings (SSSR count). The van der Waals surface area contributed by atoms with Crippen LogP contribution in [0.4, 0.5) is 5.82 Å². The van der Waals surface area contributed by atoms with Crippen LogP contribution in [0.3, 0.4) is 0 Å². The van der Waals surface area contributed by atoms with Gasteiger partial charge in [-0.3, -0.25) is 4.79 Å². The Morgan fingerprint density at radius 3 is 2.70 bits per heavy atom. The first-order valence-corrected chi connectivity index (χ1v) is 7.68. The average Bonchev–Trinajstić information content (AvgIpc) is 2.37. The Labute approximate surface area is 121 Å². The Morgan fingerprint density at radius 1 is 1.35 bits per heavy atom. The summed E-state index contributed by atoms with van der Waals surface area (Å²) >= 11 is 0. The second kappa shape index (κ2) is 6.73. The number of hydrogen-bond acceptors (Lipinski definition) is 3. The van der Waals surface area contributed by atoms with Crippen molar-refractivity contribution in [3.63, 3.8) is 0 Å². The molecule has 0 atom stereocenters. The molecule has 2 N–H and O–H groups in total. The topological polar surface area (TPSA) is 54.0 Å². The highest BCUT2D eigenvalue weighted by Crippen LogP contribution is 2.26. The van der Waals surface area contributed by atoms with Crippen LogP contribution >= 0.6 is 0 Å². The molecule has 0 aliphatic heterocycles. The van der Waals surface area contributed by atoms with Gasteiger partial charge < -0.3 is 10.6 Å². The maximum Gasteiger partial charge on any atom is 0.251 e. The summed E-state index contributed by atoms with van der Waals surface area (Å²) in [5.41, 5.74) is 1.71. The van der Waals surface area contributed by atoms with Crippen molar-refractivity contribution in [3.05, 3.63) is 23.4 Å². The van der Waals surface area contributed by atoms with Gasteiger partial charge in [-0.15, -0.1) is 0 Å². The van der Waals surface area contributed by atoms with Crippen LogP contribution in [0.15, 0.2) is 12.1 Å². The fourth-order valence-electron chi connectivity index (χ4n) is 2.66. The Morgan fingerprint density at radius 2 is 2.10 bits per heavy atom. The van der Waals surface area contributed by atoms with Gasteiger partial charge in [-0.1, -0.05) is 20.3 Å². The number of nitrogens with zero attached hydrogens (tertiary/aromatic N) is 1. The lowest BCUT2D eigenvalue weighted by molar-refractivity contribution is 0.0896. The molecule has 4 nitrogen and oxygen atoms in total. The highest BCUT2D eigenvalue weighted by molar-refractivity contribution is 5.95. The molecule has 0 bridgehead atoms. The van der Waals surface area contributed by atoms with Crippen LogP contribution < -0.4 is 10.6 Å². The van der Waals surface area contributed by atoms with Gasteiger partial charge in [0.1, 0.15) is 5.82 Å². The number of hydrogen-bond donors (Lipinski definition) is 2. The zero-order chi connectivity index (χ0) is 14.5. The maximum atomic E-state index is 12.3. The van der Waals surface area contributed by atoms with Crippen molar-refractivity contribution in [2.75, 3.05) is 11.9 Å². The zero-order valence-corrected chi connectivity index (χ0v) is 12.7. The lowest BCUT2D eigenvalue weighted by Gasteiger charge is -2.33. The van der Waals surface area contributed by atoms with Crippen molar-refractivity contribution in [2.24, 2.45) is 5.92 Å². The van der Waals surface area contributed by atoms with Crippen LogP contribution in [0.2, 0.25) is 0 Å². The normalized spacial score (nSPS) is 21.1. The fourth-order valence-corrected chi connectivity index (χ4v) is 2.66. The Hall–Kier alpha value is -1.58. The molecule has 0 aromatic carbocycles. The first kappa shape index (κ1) is 14.8. The van der Waals surface area contributed by atoms with E-state index in [4.69, 9.17) is 0 Å². The molecule has 1 aliphatic rings. The predicted octanol–water partition coefficient (Wildman–Crippen LogP) is 2.99. The van der Waals surface area contributed by atoms with E-state index in [2.05, 4.69) is 29.5 Å². The van der Waals surface area contributed by atoms with Crippen LogP contribution in [0.5, 0.6) is 0 Å². The largest absolute Gasteiger partial charge is 0.370 e. The quantitative estimate of drug-likeness (QED) is 0.839. The van der Waals surface area contributed by atoms with Gasteiger partial charge in [-0.2, -0.15) is 0 Å². The van der Waals surface area contributed by atoms with E-state index in [-0.39, 0.29) is 5.91 Å². The van der Waals surface area contributed by atoms with Gasteiger partial charge in [-0.05, 0) is 44.2 Å². The van der Waals surface area contributed by atoms with E-state index in [1.165, 1.54) is 0 Å².